The minimum atomic E-state index is -1.82. The maximum Gasteiger partial charge on any atom is 0.332 e. The molecule has 0 aliphatic carbocycles. The molecule has 0 saturated carbocycles. The average molecular weight is 293 g/mol. The lowest BCUT2D eigenvalue weighted by Gasteiger charge is -2.09. The van der Waals surface area contributed by atoms with Crippen LogP contribution in [0.3, 0.4) is 0 Å². The maximum atomic E-state index is 13.3. The number of amides is 1. The number of aliphatic carboxylic acids is 1. The quantitative estimate of drug-likeness (QED) is 0.587. The number of carbonyl (C=O) groups excluding carboxylic acids is 1. The van der Waals surface area contributed by atoms with Crippen LogP contribution in [-0.4, -0.2) is 39.8 Å². The van der Waals surface area contributed by atoms with Crippen LogP contribution in [0.25, 0.3) is 0 Å². The number of hydrogen-bond donors (Lipinski definition) is 4. The maximum absolute atomic E-state index is 13.3. The summed E-state index contributed by atoms with van der Waals surface area (Å²) in [7, 11) is 0. The number of benzene rings is 1. The predicted octanol–water partition coefficient (Wildman–Crippen LogP) is 0.375. The molecular formula is C11H10F3NO5. The number of nitrogens with one attached hydrogen (secondary N) is 1. The van der Waals surface area contributed by atoms with E-state index < -0.39 is 46.7 Å². The number of aliphatic hydroxyl groups excluding tert-OH is 1. The summed E-state index contributed by atoms with van der Waals surface area (Å²) in [5.74, 6) is -9.38. The fourth-order valence-electron chi connectivity index (χ4n) is 1.30. The van der Waals surface area contributed by atoms with E-state index >= 15 is 0 Å². The molecule has 0 aromatic heterocycles. The second-order valence-corrected chi connectivity index (χ2v) is 3.78. The van der Waals surface area contributed by atoms with Crippen molar-refractivity contribution in [2.24, 2.45) is 0 Å². The summed E-state index contributed by atoms with van der Waals surface area (Å²) in [4.78, 5) is 21.7. The van der Waals surface area contributed by atoms with E-state index in [1.54, 1.807) is 0 Å². The summed E-state index contributed by atoms with van der Waals surface area (Å²) >= 11 is 0. The number of phenolic OH excluding ortho intramolecular Hbond substituents is 1. The van der Waals surface area contributed by atoms with Crippen LogP contribution in [0.1, 0.15) is 16.8 Å². The topological polar surface area (TPSA) is 107 Å². The minimum Gasteiger partial charge on any atom is -0.503 e. The summed E-state index contributed by atoms with van der Waals surface area (Å²) in [5, 5.41) is 28.2. The third kappa shape index (κ3) is 3.38. The summed E-state index contributed by atoms with van der Waals surface area (Å²) in [6.45, 7) is -0.342. The van der Waals surface area contributed by atoms with Gasteiger partial charge in [-0.05, 0) is 6.07 Å². The predicted molar refractivity (Wildman–Crippen MR) is 58.6 cm³/mol. The first kappa shape index (κ1) is 15.8. The highest BCUT2D eigenvalue weighted by Gasteiger charge is 2.22. The molecule has 0 saturated heterocycles. The van der Waals surface area contributed by atoms with Crippen molar-refractivity contribution in [2.75, 3.05) is 6.54 Å². The summed E-state index contributed by atoms with van der Waals surface area (Å²) in [6, 6.07) is 0.257. The van der Waals surface area contributed by atoms with E-state index in [0.717, 1.165) is 0 Å². The molecule has 0 radical (unpaired) electrons. The Morgan fingerprint density at radius 2 is 1.85 bits per heavy atom. The minimum absolute atomic E-state index is 0.257. The van der Waals surface area contributed by atoms with Gasteiger partial charge in [0.15, 0.2) is 23.5 Å². The highest BCUT2D eigenvalue weighted by Crippen LogP contribution is 2.25. The molecule has 0 heterocycles. The van der Waals surface area contributed by atoms with E-state index in [0.29, 0.717) is 0 Å². The molecule has 1 atom stereocenters. The molecule has 1 aromatic rings. The zero-order chi connectivity index (χ0) is 15.4. The van der Waals surface area contributed by atoms with Crippen molar-refractivity contribution in [1.29, 1.82) is 0 Å². The standard InChI is InChI=1S/C11H10F3NO5/c12-5-3-4(7(13)9(17)8(5)14)10(18)15-2-1-6(16)11(19)20/h3,6,16-17H,1-2H2,(H,15,18)(H,19,20)/t6-/m0/s1. The third-order valence-electron chi connectivity index (χ3n) is 2.37. The van der Waals surface area contributed by atoms with Crippen LogP contribution in [0.15, 0.2) is 6.07 Å². The lowest BCUT2D eigenvalue weighted by molar-refractivity contribution is -0.146. The van der Waals surface area contributed by atoms with E-state index in [4.69, 9.17) is 15.3 Å². The number of rotatable bonds is 5. The Hall–Kier alpha value is -2.29. The second-order valence-electron chi connectivity index (χ2n) is 3.78. The molecule has 0 aliphatic heterocycles. The van der Waals surface area contributed by atoms with Gasteiger partial charge in [0.05, 0.1) is 5.56 Å². The molecule has 110 valence electrons. The Kier molecular flexibility index (Phi) is 4.92. The molecular weight excluding hydrogens is 283 g/mol. The molecule has 0 bridgehead atoms. The number of halogens is 3. The molecule has 6 nitrogen and oxygen atoms in total. The fourth-order valence-corrected chi connectivity index (χ4v) is 1.30. The van der Waals surface area contributed by atoms with Crippen molar-refractivity contribution in [3.8, 4) is 5.75 Å². The Bertz CT molecular complexity index is 549. The fraction of sp³-hybridized carbons (Fsp3) is 0.273. The number of hydrogen-bond acceptors (Lipinski definition) is 4. The first-order chi connectivity index (χ1) is 9.25. The van der Waals surface area contributed by atoms with Gasteiger partial charge >= 0.3 is 5.97 Å². The van der Waals surface area contributed by atoms with Gasteiger partial charge in [-0.15, -0.1) is 0 Å². The van der Waals surface area contributed by atoms with Gasteiger partial charge in [0.1, 0.15) is 0 Å². The summed E-state index contributed by atoms with van der Waals surface area (Å²) in [6.07, 6.45) is -2.09. The van der Waals surface area contributed by atoms with Crippen molar-refractivity contribution < 1.29 is 38.1 Å². The lowest BCUT2D eigenvalue weighted by atomic mass is 10.1. The molecule has 0 unspecified atom stereocenters. The van der Waals surface area contributed by atoms with Gasteiger partial charge in [-0.2, -0.15) is 4.39 Å². The SMILES string of the molecule is O=C(NCC[C@H](O)C(=O)O)c1cc(F)c(F)c(O)c1F. The van der Waals surface area contributed by atoms with Crippen molar-refractivity contribution >= 4 is 11.9 Å². The smallest absolute Gasteiger partial charge is 0.332 e. The Labute approximate surface area is 110 Å². The van der Waals surface area contributed by atoms with Crippen molar-refractivity contribution in [2.45, 2.75) is 12.5 Å². The van der Waals surface area contributed by atoms with Crippen LogP contribution in [-0.2, 0) is 4.79 Å². The highest BCUT2D eigenvalue weighted by molar-refractivity contribution is 5.95. The van der Waals surface area contributed by atoms with Gasteiger partial charge in [0.2, 0.25) is 5.82 Å². The highest BCUT2D eigenvalue weighted by atomic mass is 19.2. The number of phenols is 1. The normalized spacial score (nSPS) is 12.0. The third-order valence-corrected chi connectivity index (χ3v) is 2.37. The molecule has 4 N–H and O–H groups in total. The molecule has 20 heavy (non-hydrogen) atoms. The zero-order valence-corrected chi connectivity index (χ0v) is 9.86. The van der Waals surface area contributed by atoms with Crippen LogP contribution >= 0.6 is 0 Å². The summed E-state index contributed by atoms with van der Waals surface area (Å²) in [5.41, 5.74) is -0.939. The molecule has 0 aliphatic rings. The monoisotopic (exact) mass is 293 g/mol. The summed E-state index contributed by atoms with van der Waals surface area (Å²) < 4.78 is 39.1. The van der Waals surface area contributed by atoms with E-state index in [9.17, 15) is 22.8 Å². The van der Waals surface area contributed by atoms with Crippen LogP contribution in [0.4, 0.5) is 13.2 Å². The largest absolute Gasteiger partial charge is 0.503 e. The van der Waals surface area contributed by atoms with Crippen LogP contribution in [0.2, 0.25) is 0 Å². The number of aromatic hydroxyl groups is 1. The van der Waals surface area contributed by atoms with E-state index in [1.165, 1.54) is 0 Å². The number of carboxylic acid groups (broad SMARTS) is 1. The molecule has 0 fully saturated rings. The Morgan fingerprint density at radius 3 is 2.40 bits per heavy atom. The number of carbonyl (C=O) groups is 2. The van der Waals surface area contributed by atoms with Gasteiger partial charge in [0.25, 0.3) is 5.91 Å². The molecule has 0 spiro atoms. The van der Waals surface area contributed by atoms with Crippen LogP contribution in [0, 0.1) is 17.5 Å². The Balaban J connectivity index is 2.76. The molecule has 1 aromatic carbocycles. The Morgan fingerprint density at radius 1 is 1.25 bits per heavy atom. The van der Waals surface area contributed by atoms with Crippen molar-refractivity contribution in [3.05, 3.63) is 29.1 Å². The van der Waals surface area contributed by atoms with Crippen molar-refractivity contribution in [3.63, 3.8) is 0 Å². The van der Waals surface area contributed by atoms with Gasteiger partial charge in [-0.3, -0.25) is 4.79 Å². The average Bonchev–Trinajstić information content (AvgIpc) is 2.39. The molecule has 9 heteroatoms. The molecule has 1 amide bonds. The van der Waals surface area contributed by atoms with E-state index in [2.05, 4.69) is 0 Å². The van der Waals surface area contributed by atoms with E-state index in [-0.39, 0.29) is 19.0 Å². The van der Waals surface area contributed by atoms with Gasteiger partial charge < -0.3 is 20.6 Å². The second kappa shape index (κ2) is 6.24. The number of aliphatic hydroxyl groups is 1. The van der Waals surface area contributed by atoms with Gasteiger partial charge in [-0.25, -0.2) is 13.6 Å². The zero-order valence-electron chi connectivity index (χ0n) is 9.86. The van der Waals surface area contributed by atoms with Crippen LogP contribution < -0.4 is 5.32 Å². The lowest BCUT2D eigenvalue weighted by Crippen LogP contribution is -2.30. The first-order valence-corrected chi connectivity index (χ1v) is 5.31. The number of carboxylic acids is 1. The van der Waals surface area contributed by atoms with Crippen LogP contribution in [0.5, 0.6) is 5.75 Å². The molecule has 1 rings (SSSR count). The van der Waals surface area contributed by atoms with Gasteiger partial charge in [0, 0.05) is 13.0 Å². The van der Waals surface area contributed by atoms with Gasteiger partial charge in [-0.1, -0.05) is 0 Å². The van der Waals surface area contributed by atoms with E-state index in [1.807, 2.05) is 5.32 Å². The van der Waals surface area contributed by atoms with Crippen molar-refractivity contribution in [1.82, 2.24) is 5.32 Å². The first-order valence-electron chi connectivity index (χ1n) is 5.31.